The highest BCUT2D eigenvalue weighted by molar-refractivity contribution is 7.99. The molecule has 0 radical (unpaired) electrons. The summed E-state index contributed by atoms with van der Waals surface area (Å²) in [5.41, 5.74) is -1.53. The topological polar surface area (TPSA) is 70.3 Å². The van der Waals surface area contributed by atoms with E-state index in [4.69, 9.17) is 5.26 Å². The number of aliphatic hydroxyl groups is 1. The Hall–Kier alpha value is -0.730. The largest absolute Gasteiger partial charge is 0.469 e. The van der Waals surface area contributed by atoms with Gasteiger partial charge in [-0.25, -0.2) is 0 Å². The highest BCUT2D eigenvalue weighted by Gasteiger charge is 2.47. The molecule has 66 valence electrons. The number of nitriles is 1. The van der Waals surface area contributed by atoms with Gasteiger partial charge in [0.2, 0.25) is 0 Å². The van der Waals surface area contributed by atoms with Gasteiger partial charge in [-0.05, 0) is 0 Å². The molecular weight excluding hydrogens is 178 g/mol. The molecule has 2 atom stereocenters. The summed E-state index contributed by atoms with van der Waals surface area (Å²) in [5, 5.41) is 18.2. The van der Waals surface area contributed by atoms with Crippen LogP contribution >= 0.6 is 11.8 Å². The minimum absolute atomic E-state index is 0.281. The van der Waals surface area contributed by atoms with Crippen LogP contribution in [0.1, 0.15) is 0 Å². The minimum atomic E-state index is -1.53. The van der Waals surface area contributed by atoms with Crippen molar-refractivity contribution in [3.05, 3.63) is 0 Å². The number of nitrogens with zero attached hydrogens (tertiary/aromatic N) is 1. The van der Waals surface area contributed by atoms with E-state index < -0.39 is 17.5 Å². The zero-order valence-electron chi connectivity index (χ0n) is 6.61. The number of rotatable bonds is 1. The third-order valence-corrected chi connectivity index (χ3v) is 3.08. The summed E-state index contributed by atoms with van der Waals surface area (Å²) in [7, 11) is 1.25. The van der Waals surface area contributed by atoms with Crippen molar-refractivity contribution < 1.29 is 14.6 Å². The van der Waals surface area contributed by atoms with Gasteiger partial charge in [-0.15, -0.1) is 0 Å². The summed E-state index contributed by atoms with van der Waals surface area (Å²) in [5.74, 6) is -0.471. The Bertz CT molecular complexity index is 237. The molecule has 1 aliphatic rings. The zero-order valence-corrected chi connectivity index (χ0v) is 7.43. The molecule has 2 unspecified atom stereocenters. The Morgan fingerprint density at radius 1 is 1.92 bits per heavy atom. The standard InChI is InChI=1S/C7H9NO3S/c1-11-6(9)5-2-12-4-7(5,10)3-8/h5,10H,2,4H2,1H3. The molecule has 0 bridgehead atoms. The fourth-order valence-corrected chi connectivity index (χ4v) is 2.43. The van der Waals surface area contributed by atoms with Gasteiger partial charge in [-0.2, -0.15) is 17.0 Å². The van der Waals surface area contributed by atoms with Crippen molar-refractivity contribution in [2.45, 2.75) is 5.60 Å². The Balaban J connectivity index is 2.78. The summed E-state index contributed by atoms with van der Waals surface area (Å²) in [6.45, 7) is 0. The van der Waals surface area contributed by atoms with Crippen LogP contribution in [0.2, 0.25) is 0 Å². The first-order valence-corrected chi connectivity index (χ1v) is 4.58. The van der Waals surface area contributed by atoms with Crippen molar-refractivity contribution in [3.8, 4) is 6.07 Å². The number of carbonyl (C=O) groups excluding carboxylic acids is 1. The van der Waals surface area contributed by atoms with Crippen LogP contribution in [-0.2, 0) is 9.53 Å². The lowest BCUT2D eigenvalue weighted by molar-refractivity contribution is -0.149. The van der Waals surface area contributed by atoms with Gasteiger partial charge < -0.3 is 9.84 Å². The van der Waals surface area contributed by atoms with E-state index in [1.807, 2.05) is 0 Å². The summed E-state index contributed by atoms with van der Waals surface area (Å²) in [4.78, 5) is 11.0. The van der Waals surface area contributed by atoms with Gasteiger partial charge in [-0.1, -0.05) is 0 Å². The third kappa shape index (κ3) is 1.40. The molecule has 0 aliphatic carbocycles. The number of methoxy groups -OCH3 is 1. The lowest BCUT2D eigenvalue weighted by atomic mass is 9.93. The Morgan fingerprint density at radius 2 is 2.58 bits per heavy atom. The SMILES string of the molecule is COC(=O)C1CSCC1(O)C#N. The van der Waals surface area contributed by atoms with Crippen LogP contribution in [0.5, 0.6) is 0 Å². The Kier molecular flexibility index (Phi) is 2.60. The number of carbonyl (C=O) groups is 1. The summed E-state index contributed by atoms with van der Waals surface area (Å²) < 4.78 is 4.47. The van der Waals surface area contributed by atoms with Gasteiger partial charge in [-0.3, -0.25) is 4.79 Å². The van der Waals surface area contributed by atoms with E-state index >= 15 is 0 Å². The van der Waals surface area contributed by atoms with Crippen molar-refractivity contribution in [1.29, 1.82) is 5.26 Å². The molecule has 1 N–H and O–H groups in total. The van der Waals surface area contributed by atoms with E-state index in [-0.39, 0.29) is 5.75 Å². The maximum Gasteiger partial charge on any atom is 0.313 e. The van der Waals surface area contributed by atoms with Gasteiger partial charge >= 0.3 is 5.97 Å². The Morgan fingerprint density at radius 3 is 3.08 bits per heavy atom. The van der Waals surface area contributed by atoms with Crippen LogP contribution < -0.4 is 0 Å². The molecule has 12 heavy (non-hydrogen) atoms. The van der Waals surface area contributed by atoms with E-state index in [2.05, 4.69) is 4.74 Å². The van der Waals surface area contributed by atoms with Crippen LogP contribution in [0.15, 0.2) is 0 Å². The number of ether oxygens (including phenoxy) is 1. The highest BCUT2D eigenvalue weighted by Crippen LogP contribution is 2.33. The molecule has 4 nitrogen and oxygen atoms in total. The highest BCUT2D eigenvalue weighted by atomic mass is 32.2. The second-order valence-corrected chi connectivity index (χ2v) is 3.66. The normalized spacial score (nSPS) is 34.2. The predicted octanol–water partition coefficient (Wildman–Crippen LogP) is -0.223. The van der Waals surface area contributed by atoms with Crippen molar-refractivity contribution in [2.24, 2.45) is 5.92 Å². The van der Waals surface area contributed by atoms with Gasteiger partial charge in [0.1, 0.15) is 5.92 Å². The molecule has 1 fully saturated rings. The smallest absolute Gasteiger partial charge is 0.313 e. The van der Waals surface area contributed by atoms with Gasteiger partial charge in [0.15, 0.2) is 5.60 Å². The van der Waals surface area contributed by atoms with Crippen LogP contribution in [0.3, 0.4) is 0 Å². The number of hydrogen-bond acceptors (Lipinski definition) is 5. The summed E-state index contributed by atoms with van der Waals surface area (Å²) in [6.07, 6.45) is 0. The first-order valence-electron chi connectivity index (χ1n) is 3.43. The molecular formula is C7H9NO3S. The van der Waals surface area contributed by atoms with Gasteiger partial charge in [0, 0.05) is 11.5 Å². The molecule has 0 spiro atoms. The number of esters is 1. The van der Waals surface area contributed by atoms with Crippen molar-refractivity contribution in [1.82, 2.24) is 0 Å². The van der Waals surface area contributed by atoms with Crippen molar-refractivity contribution in [2.75, 3.05) is 18.6 Å². The Labute approximate surface area is 74.5 Å². The first-order chi connectivity index (χ1) is 5.64. The second-order valence-electron chi connectivity index (χ2n) is 2.63. The van der Waals surface area contributed by atoms with E-state index in [1.165, 1.54) is 18.9 Å². The van der Waals surface area contributed by atoms with Crippen LogP contribution in [-0.4, -0.2) is 35.3 Å². The number of hydrogen-bond donors (Lipinski definition) is 1. The summed E-state index contributed by atoms with van der Waals surface area (Å²) >= 11 is 1.38. The average molecular weight is 187 g/mol. The molecule has 5 heteroatoms. The average Bonchev–Trinajstić information content (AvgIpc) is 2.47. The number of thioether (sulfide) groups is 1. The van der Waals surface area contributed by atoms with Crippen LogP contribution in [0, 0.1) is 17.2 Å². The third-order valence-electron chi connectivity index (χ3n) is 1.86. The molecule has 0 aromatic carbocycles. The van der Waals surface area contributed by atoms with E-state index in [0.29, 0.717) is 5.75 Å². The van der Waals surface area contributed by atoms with E-state index in [1.54, 1.807) is 6.07 Å². The predicted molar refractivity (Wildman–Crippen MR) is 43.4 cm³/mol. The monoisotopic (exact) mass is 187 g/mol. The molecule has 1 saturated heterocycles. The molecule has 0 amide bonds. The molecule has 1 rings (SSSR count). The van der Waals surface area contributed by atoms with E-state index in [0.717, 1.165) is 0 Å². The second kappa shape index (κ2) is 3.33. The molecule has 1 aliphatic heterocycles. The maximum atomic E-state index is 11.0. The van der Waals surface area contributed by atoms with Gasteiger partial charge in [0.25, 0.3) is 0 Å². The molecule has 0 aromatic rings. The molecule has 0 aromatic heterocycles. The lowest BCUT2D eigenvalue weighted by Crippen LogP contribution is -2.40. The fourth-order valence-electron chi connectivity index (χ4n) is 1.09. The van der Waals surface area contributed by atoms with Crippen molar-refractivity contribution >= 4 is 17.7 Å². The molecule has 0 saturated carbocycles. The van der Waals surface area contributed by atoms with Gasteiger partial charge in [0.05, 0.1) is 13.2 Å². The van der Waals surface area contributed by atoms with Crippen molar-refractivity contribution in [3.63, 3.8) is 0 Å². The fraction of sp³-hybridized carbons (Fsp3) is 0.714. The quantitative estimate of drug-likeness (QED) is 0.454. The van der Waals surface area contributed by atoms with Crippen LogP contribution in [0.4, 0.5) is 0 Å². The maximum absolute atomic E-state index is 11.0. The lowest BCUT2D eigenvalue weighted by Gasteiger charge is -2.18. The zero-order chi connectivity index (χ0) is 9.19. The van der Waals surface area contributed by atoms with Crippen LogP contribution in [0.25, 0.3) is 0 Å². The van der Waals surface area contributed by atoms with E-state index in [9.17, 15) is 9.90 Å². The summed E-state index contributed by atoms with van der Waals surface area (Å²) in [6, 6.07) is 1.74. The molecule has 1 heterocycles. The minimum Gasteiger partial charge on any atom is -0.469 e. The first kappa shape index (κ1) is 9.36.